The fourth-order valence-corrected chi connectivity index (χ4v) is 2.32. The largest absolute Gasteiger partial charge is 0.285 e. The second kappa shape index (κ2) is 8.50. The summed E-state index contributed by atoms with van der Waals surface area (Å²) in [5.74, 6) is -0.618. The van der Waals surface area contributed by atoms with Gasteiger partial charge in [0, 0.05) is 29.6 Å². The first kappa shape index (κ1) is 18.8. The molecule has 1 aromatic rings. The van der Waals surface area contributed by atoms with Crippen LogP contribution < -0.4 is 0 Å². The van der Waals surface area contributed by atoms with Gasteiger partial charge in [-0.05, 0) is 39.0 Å². The van der Waals surface area contributed by atoms with Gasteiger partial charge < -0.3 is 0 Å². The quantitative estimate of drug-likeness (QED) is 0.328. The SMILES string of the molecule is CC1=CC(C\C=C(C)/C=C(C#N)\N=C(/C)c2cnc(Cl)c(F)c2)=NC1. The van der Waals surface area contributed by atoms with Gasteiger partial charge in [0.2, 0.25) is 0 Å². The first-order valence-corrected chi connectivity index (χ1v) is 8.12. The van der Waals surface area contributed by atoms with E-state index < -0.39 is 5.82 Å². The molecule has 1 aliphatic rings. The highest BCUT2D eigenvalue weighted by Crippen LogP contribution is 2.14. The zero-order valence-corrected chi connectivity index (χ0v) is 15.1. The smallest absolute Gasteiger partial charge is 0.164 e. The Morgan fingerprint density at radius 1 is 1.48 bits per heavy atom. The van der Waals surface area contributed by atoms with Crippen LogP contribution in [0.2, 0.25) is 5.15 Å². The Hall–Kier alpha value is -2.58. The van der Waals surface area contributed by atoms with E-state index >= 15 is 0 Å². The van der Waals surface area contributed by atoms with E-state index in [9.17, 15) is 9.65 Å². The molecule has 0 atom stereocenters. The van der Waals surface area contributed by atoms with Gasteiger partial charge in [0.15, 0.2) is 11.0 Å². The molecule has 4 nitrogen and oxygen atoms in total. The van der Waals surface area contributed by atoms with Crippen molar-refractivity contribution in [2.24, 2.45) is 9.98 Å². The van der Waals surface area contributed by atoms with Crippen LogP contribution in [0.15, 0.2) is 57.3 Å². The average Bonchev–Trinajstić information content (AvgIpc) is 3.00. The molecule has 2 rings (SSSR count). The van der Waals surface area contributed by atoms with Crippen molar-refractivity contribution in [3.63, 3.8) is 0 Å². The van der Waals surface area contributed by atoms with Gasteiger partial charge in [0.05, 0.1) is 6.54 Å². The van der Waals surface area contributed by atoms with E-state index in [0.717, 1.165) is 17.8 Å². The number of aromatic nitrogens is 1. The maximum atomic E-state index is 13.5. The highest BCUT2D eigenvalue weighted by molar-refractivity contribution is 6.29. The molecule has 0 unspecified atom stereocenters. The molecule has 1 aliphatic heterocycles. The molecule has 0 N–H and O–H groups in total. The van der Waals surface area contributed by atoms with E-state index in [1.54, 1.807) is 13.0 Å². The Morgan fingerprint density at radius 2 is 2.24 bits per heavy atom. The number of hydrogen-bond donors (Lipinski definition) is 0. The van der Waals surface area contributed by atoms with Gasteiger partial charge in [-0.2, -0.15) is 5.26 Å². The van der Waals surface area contributed by atoms with E-state index in [1.165, 1.54) is 17.8 Å². The number of halogens is 2. The van der Waals surface area contributed by atoms with Crippen molar-refractivity contribution < 1.29 is 4.39 Å². The summed E-state index contributed by atoms with van der Waals surface area (Å²) in [4.78, 5) is 12.4. The molecule has 2 heterocycles. The van der Waals surface area contributed by atoms with Gasteiger partial charge in [-0.15, -0.1) is 0 Å². The lowest BCUT2D eigenvalue weighted by atomic mass is 10.1. The summed E-state index contributed by atoms with van der Waals surface area (Å²) < 4.78 is 13.5. The zero-order chi connectivity index (χ0) is 18.4. The molecule has 128 valence electrons. The maximum Gasteiger partial charge on any atom is 0.164 e. The van der Waals surface area contributed by atoms with E-state index in [-0.39, 0.29) is 10.9 Å². The summed E-state index contributed by atoms with van der Waals surface area (Å²) in [6.07, 6.45) is 7.90. The Labute approximate surface area is 151 Å². The van der Waals surface area contributed by atoms with Crippen LogP contribution in [0, 0.1) is 17.1 Å². The van der Waals surface area contributed by atoms with Crippen molar-refractivity contribution in [3.05, 3.63) is 63.9 Å². The molecule has 0 aromatic carbocycles. The van der Waals surface area contributed by atoms with Crippen molar-refractivity contribution >= 4 is 23.0 Å². The van der Waals surface area contributed by atoms with Crippen molar-refractivity contribution in [1.82, 2.24) is 4.98 Å². The standard InChI is InChI=1S/C19H18ClFN4/c1-12(4-5-16-7-13(2)10-23-16)6-17(9-22)25-14(3)15-8-18(21)19(20)24-11-15/h4,6-8,11H,5,10H2,1-3H3/b12-4-,17-6-,25-14+. The third-order valence-corrected chi connectivity index (χ3v) is 3.84. The predicted octanol–water partition coefficient (Wildman–Crippen LogP) is 4.83. The lowest BCUT2D eigenvalue weighted by Gasteiger charge is -2.02. The monoisotopic (exact) mass is 356 g/mol. The molecule has 25 heavy (non-hydrogen) atoms. The minimum absolute atomic E-state index is 0.189. The average molecular weight is 357 g/mol. The number of allylic oxidation sites excluding steroid dienone is 5. The normalized spacial score (nSPS) is 15.8. The summed E-state index contributed by atoms with van der Waals surface area (Å²) in [5, 5.41) is 9.10. The van der Waals surface area contributed by atoms with Crippen molar-refractivity contribution in [1.29, 1.82) is 5.26 Å². The molecule has 6 heteroatoms. The lowest BCUT2D eigenvalue weighted by Crippen LogP contribution is -1.98. The second-order valence-electron chi connectivity index (χ2n) is 5.79. The maximum absolute atomic E-state index is 13.5. The van der Waals surface area contributed by atoms with Crippen molar-refractivity contribution in [2.75, 3.05) is 6.54 Å². The Bertz CT molecular complexity index is 870. The molecule has 0 fully saturated rings. The number of hydrogen-bond acceptors (Lipinski definition) is 4. The Balaban J connectivity index is 2.15. The van der Waals surface area contributed by atoms with Crippen LogP contribution in [-0.2, 0) is 0 Å². The molecule has 1 aromatic heterocycles. The number of pyridine rings is 1. The van der Waals surface area contributed by atoms with Crippen LogP contribution in [0.3, 0.4) is 0 Å². The number of aliphatic imine (C=N–C) groups is 2. The van der Waals surface area contributed by atoms with Gasteiger partial charge in [0.25, 0.3) is 0 Å². The molecule has 0 radical (unpaired) electrons. The van der Waals surface area contributed by atoms with Gasteiger partial charge >= 0.3 is 0 Å². The minimum atomic E-state index is -0.618. The number of rotatable bonds is 5. The van der Waals surface area contributed by atoms with Gasteiger partial charge in [-0.25, -0.2) is 14.4 Å². The molecular formula is C19H18ClFN4. The highest BCUT2D eigenvalue weighted by atomic mass is 35.5. The van der Waals surface area contributed by atoms with Crippen LogP contribution in [-0.4, -0.2) is 23.0 Å². The summed E-state index contributed by atoms with van der Waals surface area (Å²) >= 11 is 5.57. The van der Waals surface area contributed by atoms with E-state index in [1.807, 2.05) is 26.0 Å². The molecule has 0 saturated carbocycles. The first-order valence-electron chi connectivity index (χ1n) is 7.75. The summed E-state index contributed by atoms with van der Waals surface area (Å²) in [7, 11) is 0. The summed E-state index contributed by atoms with van der Waals surface area (Å²) in [6, 6.07) is 3.29. The fourth-order valence-electron chi connectivity index (χ4n) is 2.22. The van der Waals surface area contributed by atoms with Crippen molar-refractivity contribution in [2.45, 2.75) is 27.2 Å². The van der Waals surface area contributed by atoms with Crippen LogP contribution >= 0.6 is 11.6 Å². The van der Waals surface area contributed by atoms with Crippen LogP contribution in [0.1, 0.15) is 32.8 Å². The molecule has 0 aliphatic carbocycles. The van der Waals surface area contributed by atoms with Crippen LogP contribution in [0.5, 0.6) is 0 Å². The number of nitriles is 1. The Morgan fingerprint density at radius 3 is 2.84 bits per heavy atom. The summed E-state index contributed by atoms with van der Waals surface area (Å²) in [6.45, 7) is 6.40. The van der Waals surface area contributed by atoms with Crippen molar-refractivity contribution in [3.8, 4) is 6.07 Å². The molecule has 0 spiro atoms. The van der Waals surface area contributed by atoms with Crippen LogP contribution in [0.4, 0.5) is 4.39 Å². The van der Waals surface area contributed by atoms with Gasteiger partial charge in [-0.3, -0.25) is 4.99 Å². The number of nitrogens with zero attached hydrogens (tertiary/aromatic N) is 4. The van der Waals surface area contributed by atoms with E-state index in [4.69, 9.17) is 11.6 Å². The minimum Gasteiger partial charge on any atom is -0.285 e. The predicted molar refractivity (Wildman–Crippen MR) is 99.5 cm³/mol. The van der Waals surface area contributed by atoms with Gasteiger partial charge in [0.1, 0.15) is 11.8 Å². The summed E-state index contributed by atoms with van der Waals surface area (Å²) in [5.41, 5.74) is 4.40. The highest BCUT2D eigenvalue weighted by Gasteiger charge is 2.06. The Kier molecular flexibility index (Phi) is 6.37. The van der Waals surface area contributed by atoms with Gasteiger partial charge in [-0.1, -0.05) is 28.8 Å². The lowest BCUT2D eigenvalue weighted by molar-refractivity contribution is 0.621. The topological polar surface area (TPSA) is 61.4 Å². The molecular weight excluding hydrogens is 339 g/mol. The van der Waals surface area contributed by atoms with E-state index in [0.29, 0.717) is 17.7 Å². The second-order valence-corrected chi connectivity index (χ2v) is 6.14. The third kappa shape index (κ3) is 5.47. The molecule has 0 saturated heterocycles. The molecule has 0 amide bonds. The fraction of sp³-hybridized carbons (Fsp3) is 0.263. The van der Waals surface area contributed by atoms with E-state index in [2.05, 4.69) is 21.0 Å². The third-order valence-electron chi connectivity index (χ3n) is 3.56. The first-order chi connectivity index (χ1) is 11.9. The zero-order valence-electron chi connectivity index (χ0n) is 14.3. The molecule has 0 bridgehead atoms. The van der Waals surface area contributed by atoms with Crippen LogP contribution in [0.25, 0.3) is 0 Å².